The van der Waals surface area contributed by atoms with Crippen molar-refractivity contribution in [2.75, 3.05) is 25.5 Å². The number of aromatic nitrogens is 1. The van der Waals surface area contributed by atoms with E-state index in [-0.39, 0.29) is 6.03 Å². The van der Waals surface area contributed by atoms with Crippen LogP contribution in [0.3, 0.4) is 0 Å². The van der Waals surface area contributed by atoms with Gasteiger partial charge in [0, 0.05) is 26.3 Å². The van der Waals surface area contributed by atoms with Crippen molar-refractivity contribution in [3.05, 3.63) is 24.4 Å². The highest BCUT2D eigenvalue weighted by Crippen LogP contribution is 1.98. The van der Waals surface area contributed by atoms with Crippen molar-refractivity contribution in [2.24, 2.45) is 0 Å². The largest absolute Gasteiger partial charge is 0.361 e. The van der Waals surface area contributed by atoms with Gasteiger partial charge in [0.05, 0.1) is 0 Å². The van der Waals surface area contributed by atoms with E-state index in [9.17, 15) is 4.79 Å². The number of thiocarbonyl (C=S) groups is 1. The van der Waals surface area contributed by atoms with Crippen LogP contribution in [0.5, 0.6) is 0 Å². The van der Waals surface area contributed by atoms with Crippen molar-refractivity contribution < 1.29 is 4.79 Å². The molecule has 0 atom stereocenters. The molecule has 0 saturated carbocycles. The molecule has 0 fully saturated rings. The van der Waals surface area contributed by atoms with Crippen LogP contribution in [0.25, 0.3) is 0 Å². The van der Waals surface area contributed by atoms with Crippen LogP contribution in [0.1, 0.15) is 0 Å². The Labute approximate surface area is 105 Å². The highest BCUT2D eigenvalue weighted by atomic mass is 32.1. The van der Waals surface area contributed by atoms with Crippen molar-refractivity contribution in [1.82, 2.24) is 20.9 Å². The zero-order valence-corrected chi connectivity index (χ0v) is 10.3. The van der Waals surface area contributed by atoms with Gasteiger partial charge in [0.25, 0.3) is 0 Å². The van der Waals surface area contributed by atoms with Crippen LogP contribution in [0.15, 0.2) is 24.4 Å². The molecule has 7 heteroatoms. The Morgan fingerprint density at radius 3 is 2.76 bits per heavy atom. The van der Waals surface area contributed by atoms with Gasteiger partial charge in [-0.05, 0) is 24.4 Å². The minimum atomic E-state index is -0.213. The number of carbonyl (C=O) groups is 1. The fraction of sp³-hybridized carbons (Fsp3) is 0.300. The topological polar surface area (TPSA) is 78.1 Å². The van der Waals surface area contributed by atoms with Crippen LogP contribution in [0, 0.1) is 0 Å². The quantitative estimate of drug-likeness (QED) is 0.458. The van der Waals surface area contributed by atoms with E-state index in [0.717, 1.165) is 0 Å². The highest BCUT2D eigenvalue weighted by molar-refractivity contribution is 7.80. The summed E-state index contributed by atoms with van der Waals surface area (Å²) < 4.78 is 0. The van der Waals surface area contributed by atoms with E-state index in [1.165, 1.54) is 0 Å². The Hall–Kier alpha value is -1.89. The number of anilines is 1. The van der Waals surface area contributed by atoms with Crippen molar-refractivity contribution >= 4 is 29.2 Å². The van der Waals surface area contributed by atoms with Crippen molar-refractivity contribution in [3.8, 4) is 0 Å². The van der Waals surface area contributed by atoms with Crippen molar-refractivity contribution in [2.45, 2.75) is 0 Å². The van der Waals surface area contributed by atoms with Gasteiger partial charge in [-0.2, -0.15) is 0 Å². The molecule has 1 aromatic rings. The first-order valence-corrected chi connectivity index (χ1v) is 5.54. The molecule has 0 bridgehead atoms. The van der Waals surface area contributed by atoms with Gasteiger partial charge >= 0.3 is 6.03 Å². The average Bonchev–Trinajstić information content (AvgIpc) is 2.35. The Balaban J connectivity index is 2.16. The maximum atomic E-state index is 10.8. The second-order valence-electron chi connectivity index (χ2n) is 3.10. The molecule has 0 radical (unpaired) electrons. The summed E-state index contributed by atoms with van der Waals surface area (Å²) in [4.78, 5) is 14.9. The van der Waals surface area contributed by atoms with E-state index in [4.69, 9.17) is 12.2 Å². The summed E-state index contributed by atoms with van der Waals surface area (Å²) in [5.74, 6) is 0.685. The zero-order valence-electron chi connectivity index (χ0n) is 9.49. The molecule has 1 rings (SSSR count). The van der Waals surface area contributed by atoms with Crippen LogP contribution < -0.4 is 21.3 Å². The summed E-state index contributed by atoms with van der Waals surface area (Å²) in [5, 5.41) is 11.4. The molecule has 17 heavy (non-hydrogen) atoms. The lowest BCUT2D eigenvalue weighted by atomic mass is 10.5. The van der Waals surface area contributed by atoms with Gasteiger partial charge in [-0.1, -0.05) is 6.07 Å². The van der Waals surface area contributed by atoms with Gasteiger partial charge in [-0.25, -0.2) is 9.78 Å². The van der Waals surface area contributed by atoms with Crippen LogP contribution >= 0.6 is 12.2 Å². The second kappa shape index (κ2) is 7.39. The fourth-order valence-corrected chi connectivity index (χ4v) is 1.24. The molecule has 4 N–H and O–H groups in total. The van der Waals surface area contributed by atoms with Crippen LogP contribution in [0.2, 0.25) is 0 Å². The third-order valence-corrected chi connectivity index (χ3v) is 2.08. The minimum Gasteiger partial charge on any atom is -0.361 e. The van der Waals surface area contributed by atoms with E-state index in [1.807, 2.05) is 18.2 Å². The van der Waals surface area contributed by atoms with Crippen molar-refractivity contribution in [3.63, 3.8) is 0 Å². The number of nitrogens with one attached hydrogen (secondary N) is 4. The maximum absolute atomic E-state index is 10.8. The van der Waals surface area contributed by atoms with E-state index in [1.54, 1.807) is 13.2 Å². The Bertz CT molecular complexity index is 370. The van der Waals surface area contributed by atoms with Crippen molar-refractivity contribution in [1.29, 1.82) is 0 Å². The maximum Gasteiger partial charge on any atom is 0.314 e. The smallest absolute Gasteiger partial charge is 0.314 e. The lowest BCUT2D eigenvalue weighted by molar-refractivity contribution is 0.243. The number of pyridine rings is 1. The molecule has 0 aliphatic rings. The number of urea groups is 1. The molecule has 0 unspecified atom stereocenters. The summed E-state index contributed by atoms with van der Waals surface area (Å²) in [6.07, 6.45) is 1.68. The van der Waals surface area contributed by atoms with Gasteiger partial charge in [-0.15, -0.1) is 0 Å². The Kier molecular flexibility index (Phi) is 5.73. The molecule has 0 aliphatic heterocycles. The molecular weight excluding hydrogens is 238 g/mol. The Morgan fingerprint density at radius 1 is 1.35 bits per heavy atom. The average molecular weight is 253 g/mol. The number of carbonyl (C=O) groups excluding carboxylic acids is 1. The summed E-state index contributed by atoms with van der Waals surface area (Å²) in [6, 6.07) is 5.30. The number of hydrogen-bond donors (Lipinski definition) is 4. The van der Waals surface area contributed by atoms with Gasteiger partial charge in [0.15, 0.2) is 5.11 Å². The number of amides is 2. The third-order valence-electron chi connectivity index (χ3n) is 1.83. The highest BCUT2D eigenvalue weighted by Gasteiger charge is 1.98. The number of hydrogen-bond acceptors (Lipinski definition) is 3. The standard InChI is InChI=1S/C10H15N5OS/c1-11-9(16)13-6-7-14-10(17)15-8-4-2-3-5-12-8/h2-5H,6-7H2,1H3,(H2,11,13,16)(H2,12,14,15,17). The second-order valence-corrected chi connectivity index (χ2v) is 3.51. The molecule has 0 saturated heterocycles. The molecular formula is C10H15N5OS. The van der Waals surface area contributed by atoms with Gasteiger partial charge < -0.3 is 21.3 Å². The first-order valence-electron chi connectivity index (χ1n) is 5.14. The lowest BCUT2D eigenvalue weighted by Crippen LogP contribution is -2.39. The van der Waals surface area contributed by atoms with Crippen LogP contribution in [-0.4, -0.2) is 36.3 Å². The Morgan fingerprint density at radius 2 is 2.12 bits per heavy atom. The van der Waals surface area contributed by atoms with Crippen LogP contribution in [-0.2, 0) is 0 Å². The predicted molar refractivity (Wildman–Crippen MR) is 70.9 cm³/mol. The first-order chi connectivity index (χ1) is 8.22. The van der Waals surface area contributed by atoms with E-state index >= 15 is 0 Å². The first kappa shape index (κ1) is 13.2. The lowest BCUT2D eigenvalue weighted by Gasteiger charge is -2.10. The molecule has 1 heterocycles. The number of rotatable bonds is 4. The molecule has 0 aliphatic carbocycles. The minimum absolute atomic E-state index is 0.213. The molecule has 0 spiro atoms. The van der Waals surface area contributed by atoms with Gasteiger partial charge in [-0.3, -0.25) is 0 Å². The van der Waals surface area contributed by atoms with E-state index < -0.39 is 0 Å². The predicted octanol–water partition coefficient (Wildman–Crippen LogP) is 0.297. The molecule has 92 valence electrons. The summed E-state index contributed by atoms with van der Waals surface area (Å²) >= 11 is 5.05. The summed E-state index contributed by atoms with van der Waals surface area (Å²) in [6.45, 7) is 1.04. The number of nitrogens with zero attached hydrogens (tertiary/aromatic N) is 1. The normalized spacial score (nSPS) is 9.24. The van der Waals surface area contributed by atoms with Crippen LogP contribution in [0.4, 0.5) is 10.6 Å². The summed E-state index contributed by atoms with van der Waals surface area (Å²) in [5.41, 5.74) is 0. The van der Waals surface area contributed by atoms with E-state index in [2.05, 4.69) is 26.3 Å². The molecule has 1 aromatic heterocycles. The zero-order chi connectivity index (χ0) is 12.5. The monoisotopic (exact) mass is 253 g/mol. The molecule has 6 nitrogen and oxygen atoms in total. The van der Waals surface area contributed by atoms with Gasteiger partial charge in [0.2, 0.25) is 0 Å². The molecule has 0 aromatic carbocycles. The molecule has 2 amide bonds. The van der Waals surface area contributed by atoms with E-state index in [0.29, 0.717) is 24.0 Å². The third kappa shape index (κ3) is 5.67. The summed E-state index contributed by atoms with van der Waals surface area (Å²) in [7, 11) is 1.57. The SMILES string of the molecule is CNC(=O)NCCNC(=S)Nc1ccccn1. The fourth-order valence-electron chi connectivity index (χ4n) is 1.04. The van der Waals surface area contributed by atoms with Gasteiger partial charge in [0.1, 0.15) is 5.82 Å².